The number of aromatic nitrogens is 1. The van der Waals surface area contributed by atoms with Crippen LogP contribution in [0.15, 0.2) is 45.9 Å². The van der Waals surface area contributed by atoms with E-state index in [-0.39, 0.29) is 34.9 Å². The standard InChI is InChI=1S/C21H22BrF3N4O2S/c1-12(2)27-17-16(22)13(9-10-26-17)11-28-19(31)29(18(30)20(28,3)4)14-5-7-15(8-6-14)32-21(23,24)25/h5-10,12H,11H2,1-4H3,(H,26,27). The van der Waals surface area contributed by atoms with Gasteiger partial charge in [0.05, 0.1) is 10.2 Å². The predicted octanol–water partition coefficient (Wildman–Crippen LogP) is 6.02. The predicted molar refractivity (Wildman–Crippen MR) is 122 cm³/mol. The summed E-state index contributed by atoms with van der Waals surface area (Å²) in [5.74, 6) is 0.173. The van der Waals surface area contributed by atoms with Gasteiger partial charge in [0, 0.05) is 23.7 Å². The molecule has 172 valence electrons. The molecule has 1 aromatic carbocycles. The smallest absolute Gasteiger partial charge is 0.367 e. The van der Waals surface area contributed by atoms with Crippen molar-refractivity contribution in [3.8, 4) is 0 Å². The topological polar surface area (TPSA) is 65.5 Å². The molecule has 1 aliphatic heterocycles. The van der Waals surface area contributed by atoms with Crippen LogP contribution in [0.3, 0.4) is 0 Å². The molecule has 0 bridgehead atoms. The molecule has 11 heteroatoms. The van der Waals surface area contributed by atoms with Crippen molar-refractivity contribution < 1.29 is 22.8 Å². The lowest BCUT2D eigenvalue weighted by Crippen LogP contribution is -2.43. The minimum absolute atomic E-state index is 0.0256. The monoisotopic (exact) mass is 530 g/mol. The van der Waals surface area contributed by atoms with Crippen molar-refractivity contribution in [1.82, 2.24) is 9.88 Å². The maximum Gasteiger partial charge on any atom is 0.446 e. The first kappa shape index (κ1) is 24.4. The highest BCUT2D eigenvalue weighted by atomic mass is 79.9. The third kappa shape index (κ3) is 5.03. The van der Waals surface area contributed by atoms with E-state index >= 15 is 0 Å². The molecular weight excluding hydrogens is 509 g/mol. The molecule has 2 aromatic rings. The molecule has 3 rings (SSSR count). The van der Waals surface area contributed by atoms with Crippen molar-refractivity contribution in [3.05, 3.63) is 46.6 Å². The Morgan fingerprint density at radius 2 is 1.78 bits per heavy atom. The van der Waals surface area contributed by atoms with Gasteiger partial charge in [-0.1, -0.05) is 0 Å². The van der Waals surface area contributed by atoms with Gasteiger partial charge in [-0.2, -0.15) is 13.2 Å². The SMILES string of the molecule is CC(C)Nc1nccc(CN2C(=O)N(c3ccc(SC(F)(F)F)cc3)C(=O)C2(C)C)c1Br. The highest BCUT2D eigenvalue weighted by Crippen LogP contribution is 2.39. The summed E-state index contributed by atoms with van der Waals surface area (Å²) >= 11 is 3.27. The molecule has 0 unspecified atom stereocenters. The Bertz CT molecular complexity index is 1030. The summed E-state index contributed by atoms with van der Waals surface area (Å²) in [4.78, 5) is 33.0. The third-order valence-corrected chi connectivity index (χ3v) is 6.50. The molecule has 3 amide bonds. The second-order valence-electron chi connectivity index (χ2n) is 8.04. The fourth-order valence-electron chi connectivity index (χ4n) is 3.28. The molecule has 1 fully saturated rings. The first-order valence-corrected chi connectivity index (χ1v) is 11.3. The number of hydrogen-bond donors (Lipinski definition) is 1. The quantitative estimate of drug-likeness (QED) is 0.365. The lowest BCUT2D eigenvalue weighted by Gasteiger charge is -2.28. The number of imide groups is 1. The Kier molecular flexibility index (Phi) is 6.80. The Morgan fingerprint density at radius 3 is 2.34 bits per heavy atom. The van der Waals surface area contributed by atoms with Crippen molar-refractivity contribution in [3.63, 3.8) is 0 Å². The van der Waals surface area contributed by atoms with Crippen LogP contribution in [0.5, 0.6) is 0 Å². The van der Waals surface area contributed by atoms with E-state index in [2.05, 4.69) is 26.2 Å². The first-order chi connectivity index (χ1) is 14.8. The van der Waals surface area contributed by atoms with Crippen molar-refractivity contribution >= 4 is 51.1 Å². The molecule has 0 aliphatic carbocycles. The van der Waals surface area contributed by atoms with E-state index in [0.717, 1.165) is 10.5 Å². The van der Waals surface area contributed by atoms with Crippen LogP contribution in [-0.2, 0) is 11.3 Å². The van der Waals surface area contributed by atoms with E-state index in [1.807, 2.05) is 13.8 Å². The molecule has 1 N–H and O–H groups in total. The second-order valence-corrected chi connectivity index (χ2v) is 9.97. The fourth-order valence-corrected chi connectivity index (χ4v) is 4.29. The molecule has 0 atom stereocenters. The highest BCUT2D eigenvalue weighted by Gasteiger charge is 2.51. The number of urea groups is 1. The normalized spacial score (nSPS) is 16.3. The van der Waals surface area contributed by atoms with Gasteiger partial charge in [-0.3, -0.25) is 4.79 Å². The van der Waals surface area contributed by atoms with Gasteiger partial charge in [0.25, 0.3) is 5.91 Å². The van der Waals surface area contributed by atoms with Crippen LogP contribution in [0, 0.1) is 0 Å². The molecule has 32 heavy (non-hydrogen) atoms. The largest absolute Gasteiger partial charge is 0.446 e. The van der Waals surface area contributed by atoms with Crippen molar-refractivity contribution in [2.75, 3.05) is 10.2 Å². The Labute approximate surface area is 196 Å². The number of amides is 3. The molecule has 1 aliphatic rings. The van der Waals surface area contributed by atoms with Crippen LogP contribution < -0.4 is 10.2 Å². The number of pyridine rings is 1. The number of thioether (sulfide) groups is 1. The summed E-state index contributed by atoms with van der Waals surface area (Å²) in [6.45, 7) is 7.38. The Morgan fingerprint density at radius 1 is 1.16 bits per heavy atom. The summed E-state index contributed by atoms with van der Waals surface area (Å²) in [6, 6.07) is 6.54. The number of carbonyl (C=O) groups excluding carboxylic acids is 2. The molecule has 0 radical (unpaired) electrons. The average molecular weight is 531 g/mol. The lowest BCUT2D eigenvalue weighted by molar-refractivity contribution is -0.123. The van der Waals surface area contributed by atoms with Crippen LogP contribution in [0.25, 0.3) is 0 Å². The van der Waals surface area contributed by atoms with Gasteiger partial charge in [-0.15, -0.1) is 0 Å². The summed E-state index contributed by atoms with van der Waals surface area (Å²) < 4.78 is 38.4. The molecule has 2 heterocycles. The van der Waals surface area contributed by atoms with E-state index in [0.29, 0.717) is 10.3 Å². The Balaban J connectivity index is 1.88. The van der Waals surface area contributed by atoms with Gasteiger partial charge < -0.3 is 10.2 Å². The maximum atomic E-state index is 13.2. The van der Waals surface area contributed by atoms with Crippen molar-refractivity contribution in [2.24, 2.45) is 0 Å². The number of benzene rings is 1. The maximum absolute atomic E-state index is 13.2. The van der Waals surface area contributed by atoms with E-state index in [4.69, 9.17) is 0 Å². The summed E-state index contributed by atoms with van der Waals surface area (Å²) in [6.07, 6.45) is 1.62. The second kappa shape index (κ2) is 8.93. The van der Waals surface area contributed by atoms with E-state index in [1.165, 1.54) is 29.2 Å². The van der Waals surface area contributed by atoms with Crippen LogP contribution in [0.4, 0.5) is 29.5 Å². The molecule has 1 saturated heterocycles. The lowest BCUT2D eigenvalue weighted by atomic mass is 10.0. The number of hydrogen-bond acceptors (Lipinski definition) is 5. The zero-order valence-electron chi connectivity index (χ0n) is 17.8. The highest BCUT2D eigenvalue weighted by molar-refractivity contribution is 9.10. The van der Waals surface area contributed by atoms with Gasteiger partial charge in [0.1, 0.15) is 11.4 Å². The third-order valence-electron chi connectivity index (χ3n) is 4.87. The molecular formula is C21H22BrF3N4O2S. The minimum atomic E-state index is -4.42. The molecule has 1 aromatic heterocycles. The van der Waals surface area contributed by atoms with Crippen LogP contribution >= 0.6 is 27.7 Å². The molecule has 0 saturated carbocycles. The minimum Gasteiger partial charge on any atom is -0.367 e. The van der Waals surface area contributed by atoms with Crippen LogP contribution in [0.2, 0.25) is 0 Å². The Hall–Kier alpha value is -2.27. The molecule has 0 spiro atoms. The zero-order valence-corrected chi connectivity index (χ0v) is 20.2. The first-order valence-electron chi connectivity index (χ1n) is 9.73. The van der Waals surface area contributed by atoms with Gasteiger partial charge in [-0.05, 0) is 91.3 Å². The molecule has 6 nitrogen and oxygen atoms in total. The number of halogens is 4. The van der Waals surface area contributed by atoms with Crippen LogP contribution in [0.1, 0.15) is 33.3 Å². The van der Waals surface area contributed by atoms with Crippen LogP contribution in [-0.4, -0.2) is 38.9 Å². The summed E-state index contributed by atoms with van der Waals surface area (Å²) in [5, 5.41) is 3.21. The summed E-state index contributed by atoms with van der Waals surface area (Å²) in [5.41, 5.74) is -4.58. The van der Waals surface area contributed by atoms with Gasteiger partial charge in [0.2, 0.25) is 0 Å². The number of nitrogens with one attached hydrogen (secondary N) is 1. The fraction of sp³-hybridized carbons (Fsp3) is 0.381. The van der Waals surface area contributed by atoms with Gasteiger partial charge in [-0.25, -0.2) is 14.7 Å². The van der Waals surface area contributed by atoms with E-state index in [1.54, 1.807) is 26.1 Å². The average Bonchev–Trinajstić information content (AvgIpc) is 2.83. The van der Waals surface area contributed by atoms with Crippen molar-refractivity contribution in [2.45, 2.75) is 56.2 Å². The van der Waals surface area contributed by atoms with Crippen molar-refractivity contribution in [1.29, 1.82) is 0 Å². The van der Waals surface area contributed by atoms with E-state index < -0.39 is 23.0 Å². The number of carbonyl (C=O) groups is 2. The van der Waals surface area contributed by atoms with Gasteiger partial charge >= 0.3 is 11.5 Å². The number of nitrogens with zero attached hydrogens (tertiary/aromatic N) is 3. The summed E-state index contributed by atoms with van der Waals surface area (Å²) in [7, 11) is 0. The van der Waals surface area contributed by atoms with E-state index in [9.17, 15) is 22.8 Å². The van der Waals surface area contributed by atoms with Gasteiger partial charge in [0.15, 0.2) is 0 Å². The zero-order chi connectivity index (χ0) is 23.8. The number of alkyl halides is 3. The number of anilines is 2. The number of rotatable bonds is 6.